The smallest absolute Gasteiger partial charge is 0.333 e. The second kappa shape index (κ2) is 8.69. The molecule has 1 aliphatic rings. The zero-order chi connectivity index (χ0) is 14.1. The molecule has 19 heavy (non-hydrogen) atoms. The Morgan fingerprint density at radius 3 is 2.58 bits per heavy atom. The van der Waals surface area contributed by atoms with E-state index in [1.165, 1.54) is 7.11 Å². The predicted molar refractivity (Wildman–Crippen MR) is 73.7 cm³/mol. The quantitative estimate of drug-likeness (QED) is 0.427. The summed E-state index contributed by atoms with van der Waals surface area (Å²) in [5.41, 5.74) is 0.667. The Labute approximate surface area is 115 Å². The van der Waals surface area contributed by atoms with Crippen LogP contribution < -0.4 is 5.32 Å². The number of nitrogens with one attached hydrogen (secondary N) is 1. The molecule has 0 bridgehead atoms. The molecule has 0 unspecified atom stereocenters. The number of nitrogens with zero attached hydrogens (tertiary/aromatic N) is 1. The lowest BCUT2D eigenvalue weighted by Gasteiger charge is -2.14. The van der Waals surface area contributed by atoms with E-state index < -0.39 is 0 Å². The van der Waals surface area contributed by atoms with Gasteiger partial charge in [0.25, 0.3) is 0 Å². The van der Waals surface area contributed by atoms with Gasteiger partial charge in [0.1, 0.15) is 0 Å². The van der Waals surface area contributed by atoms with Gasteiger partial charge < -0.3 is 15.0 Å². The number of ether oxygens (including phenoxy) is 1. The molecule has 108 valence electrons. The molecule has 0 aliphatic carbocycles. The first-order valence-corrected chi connectivity index (χ1v) is 6.94. The molecule has 1 fully saturated rings. The fourth-order valence-corrected chi connectivity index (χ4v) is 2.12. The minimum absolute atomic E-state index is 0.220. The van der Waals surface area contributed by atoms with Crippen molar-refractivity contribution in [2.75, 3.05) is 33.3 Å². The van der Waals surface area contributed by atoms with Crippen molar-refractivity contribution in [2.45, 2.75) is 32.6 Å². The minimum atomic E-state index is -0.280. The third-order valence-corrected chi connectivity index (χ3v) is 3.30. The highest BCUT2D eigenvalue weighted by Gasteiger charge is 2.16. The van der Waals surface area contributed by atoms with Crippen LogP contribution in [0.3, 0.4) is 0 Å². The SMILES string of the molecule is CCC(=CCNCCC(=O)N1CCCC1)C(=O)OC. The zero-order valence-electron chi connectivity index (χ0n) is 11.9. The number of rotatable bonds is 7. The lowest BCUT2D eigenvalue weighted by atomic mass is 10.2. The van der Waals surface area contributed by atoms with Gasteiger partial charge in [-0.3, -0.25) is 4.79 Å². The van der Waals surface area contributed by atoms with E-state index >= 15 is 0 Å². The van der Waals surface area contributed by atoms with Crippen molar-refractivity contribution in [3.63, 3.8) is 0 Å². The molecular weight excluding hydrogens is 244 g/mol. The van der Waals surface area contributed by atoms with Crippen LogP contribution in [0, 0.1) is 0 Å². The van der Waals surface area contributed by atoms with Crippen LogP contribution in [-0.2, 0) is 14.3 Å². The molecule has 0 atom stereocenters. The van der Waals surface area contributed by atoms with Crippen LogP contribution in [0.5, 0.6) is 0 Å². The highest BCUT2D eigenvalue weighted by molar-refractivity contribution is 5.88. The van der Waals surface area contributed by atoms with Crippen LogP contribution in [0.2, 0.25) is 0 Å². The summed E-state index contributed by atoms with van der Waals surface area (Å²) in [7, 11) is 1.38. The summed E-state index contributed by atoms with van der Waals surface area (Å²) >= 11 is 0. The summed E-state index contributed by atoms with van der Waals surface area (Å²) in [6.07, 6.45) is 5.25. The minimum Gasteiger partial charge on any atom is -0.466 e. The van der Waals surface area contributed by atoms with Gasteiger partial charge in [0.15, 0.2) is 0 Å². The molecule has 0 radical (unpaired) electrons. The molecule has 1 heterocycles. The van der Waals surface area contributed by atoms with Crippen molar-refractivity contribution >= 4 is 11.9 Å². The normalized spacial score (nSPS) is 15.7. The van der Waals surface area contributed by atoms with Crippen LogP contribution in [0.1, 0.15) is 32.6 Å². The molecule has 5 nitrogen and oxygen atoms in total. The molecule has 0 spiro atoms. The van der Waals surface area contributed by atoms with Crippen molar-refractivity contribution < 1.29 is 14.3 Å². The summed E-state index contributed by atoms with van der Waals surface area (Å²) in [5.74, 6) is -0.0601. The van der Waals surface area contributed by atoms with Gasteiger partial charge in [0.2, 0.25) is 5.91 Å². The lowest BCUT2D eigenvalue weighted by molar-refractivity contribution is -0.136. The zero-order valence-corrected chi connectivity index (χ0v) is 11.9. The number of methoxy groups -OCH3 is 1. The van der Waals surface area contributed by atoms with Gasteiger partial charge in [-0.2, -0.15) is 0 Å². The molecule has 0 saturated carbocycles. The fourth-order valence-electron chi connectivity index (χ4n) is 2.12. The average Bonchev–Trinajstić information content (AvgIpc) is 2.96. The first-order valence-electron chi connectivity index (χ1n) is 6.94. The molecule has 1 rings (SSSR count). The summed E-state index contributed by atoms with van der Waals surface area (Å²) in [6, 6.07) is 0. The van der Waals surface area contributed by atoms with Gasteiger partial charge in [0.05, 0.1) is 7.11 Å². The highest BCUT2D eigenvalue weighted by Crippen LogP contribution is 2.08. The standard InChI is InChI=1S/C14H24N2O3/c1-3-12(14(18)19-2)6-8-15-9-7-13(17)16-10-4-5-11-16/h6,15H,3-5,7-11H2,1-2H3. The van der Waals surface area contributed by atoms with E-state index in [0.717, 1.165) is 25.9 Å². The van der Waals surface area contributed by atoms with Gasteiger partial charge >= 0.3 is 5.97 Å². The summed E-state index contributed by atoms with van der Waals surface area (Å²) < 4.78 is 4.67. The Bertz CT molecular complexity index is 334. The Kier molecular flexibility index (Phi) is 7.18. The molecule has 0 aromatic heterocycles. The van der Waals surface area contributed by atoms with E-state index in [-0.39, 0.29) is 11.9 Å². The fraction of sp³-hybridized carbons (Fsp3) is 0.714. The summed E-state index contributed by atoms with van der Waals surface area (Å²) in [6.45, 7) is 4.96. The van der Waals surface area contributed by atoms with E-state index in [0.29, 0.717) is 31.5 Å². The molecule has 1 aliphatic heterocycles. The van der Waals surface area contributed by atoms with Crippen molar-refractivity contribution in [3.8, 4) is 0 Å². The van der Waals surface area contributed by atoms with Crippen LogP contribution in [-0.4, -0.2) is 50.1 Å². The largest absolute Gasteiger partial charge is 0.466 e. The first-order chi connectivity index (χ1) is 9.19. The number of carbonyl (C=O) groups is 2. The van der Waals surface area contributed by atoms with E-state index in [9.17, 15) is 9.59 Å². The Hall–Kier alpha value is -1.36. The van der Waals surface area contributed by atoms with Gasteiger partial charge in [-0.15, -0.1) is 0 Å². The number of hydrogen-bond acceptors (Lipinski definition) is 4. The van der Waals surface area contributed by atoms with Crippen molar-refractivity contribution in [3.05, 3.63) is 11.6 Å². The topological polar surface area (TPSA) is 58.6 Å². The third kappa shape index (κ3) is 5.42. The summed E-state index contributed by atoms with van der Waals surface area (Å²) in [4.78, 5) is 25.0. The van der Waals surface area contributed by atoms with Crippen LogP contribution in [0.15, 0.2) is 11.6 Å². The van der Waals surface area contributed by atoms with Gasteiger partial charge in [-0.25, -0.2) is 4.79 Å². The number of likely N-dealkylation sites (tertiary alicyclic amines) is 1. The summed E-state index contributed by atoms with van der Waals surface area (Å²) in [5, 5.41) is 3.15. The number of amides is 1. The maximum atomic E-state index is 11.7. The molecule has 1 N–H and O–H groups in total. The van der Waals surface area contributed by atoms with Gasteiger partial charge in [0, 0.05) is 38.2 Å². The van der Waals surface area contributed by atoms with E-state index in [1.807, 2.05) is 17.9 Å². The average molecular weight is 268 g/mol. The van der Waals surface area contributed by atoms with Crippen LogP contribution >= 0.6 is 0 Å². The monoisotopic (exact) mass is 268 g/mol. The molecule has 5 heteroatoms. The second-order valence-electron chi connectivity index (χ2n) is 4.62. The Morgan fingerprint density at radius 1 is 1.32 bits per heavy atom. The van der Waals surface area contributed by atoms with Gasteiger partial charge in [-0.1, -0.05) is 13.0 Å². The number of carbonyl (C=O) groups excluding carboxylic acids is 2. The van der Waals surface area contributed by atoms with Crippen molar-refractivity contribution in [1.29, 1.82) is 0 Å². The molecule has 1 saturated heterocycles. The highest BCUT2D eigenvalue weighted by atomic mass is 16.5. The predicted octanol–water partition coefficient (Wildman–Crippen LogP) is 1.10. The molecule has 1 amide bonds. The number of hydrogen-bond donors (Lipinski definition) is 1. The lowest BCUT2D eigenvalue weighted by Crippen LogP contribution is -2.30. The van der Waals surface area contributed by atoms with Crippen molar-refractivity contribution in [1.82, 2.24) is 10.2 Å². The molecule has 0 aromatic carbocycles. The maximum absolute atomic E-state index is 11.7. The van der Waals surface area contributed by atoms with E-state index in [1.54, 1.807) is 0 Å². The first kappa shape index (κ1) is 15.7. The van der Waals surface area contributed by atoms with E-state index in [2.05, 4.69) is 10.1 Å². The maximum Gasteiger partial charge on any atom is 0.333 e. The molecule has 0 aromatic rings. The van der Waals surface area contributed by atoms with Gasteiger partial charge in [-0.05, 0) is 19.3 Å². The van der Waals surface area contributed by atoms with Crippen LogP contribution in [0.4, 0.5) is 0 Å². The van der Waals surface area contributed by atoms with E-state index in [4.69, 9.17) is 0 Å². The second-order valence-corrected chi connectivity index (χ2v) is 4.62. The Balaban J connectivity index is 2.17. The molecular formula is C14H24N2O3. The third-order valence-electron chi connectivity index (χ3n) is 3.30. The van der Waals surface area contributed by atoms with Crippen LogP contribution in [0.25, 0.3) is 0 Å². The Morgan fingerprint density at radius 2 is 2.00 bits per heavy atom. The number of esters is 1. The van der Waals surface area contributed by atoms with Crippen molar-refractivity contribution in [2.24, 2.45) is 0 Å².